The maximum Gasteiger partial charge on any atom is 0.226 e. The number of aryl methyl sites for hydroxylation is 1. The van der Waals surface area contributed by atoms with Crippen LogP contribution in [0.2, 0.25) is 0 Å². The minimum atomic E-state index is 0. The zero-order valence-electron chi connectivity index (χ0n) is 10.7. The average Bonchev–Trinajstić information content (AvgIpc) is 3.09. The molecule has 4 nitrogen and oxygen atoms in total. The number of hydrogen-bond donors (Lipinski definition) is 1. The Kier molecular flexibility index (Phi) is 5.01. The van der Waals surface area contributed by atoms with Gasteiger partial charge in [0.1, 0.15) is 0 Å². The van der Waals surface area contributed by atoms with E-state index in [1.807, 2.05) is 0 Å². The van der Waals surface area contributed by atoms with Crippen LogP contribution in [0.1, 0.15) is 62.6 Å². The number of aromatic nitrogens is 2. The van der Waals surface area contributed by atoms with E-state index in [9.17, 15) is 0 Å². The summed E-state index contributed by atoms with van der Waals surface area (Å²) < 4.78 is 5.35. The lowest BCUT2D eigenvalue weighted by molar-refractivity contribution is 0.361. The minimum Gasteiger partial charge on any atom is -0.339 e. The van der Waals surface area contributed by atoms with Crippen molar-refractivity contribution in [3.63, 3.8) is 0 Å². The van der Waals surface area contributed by atoms with Crippen LogP contribution in [0.5, 0.6) is 0 Å². The molecule has 5 heteroatoms. The first-order chi connectivity index (χ1) is 8.42. The van der Waals surface area contributed by atoms with Crippen molar-refractivity contribution in [3.8, 4) is 0 Å². The van der Waals surface area contributed by atoms with Crippen molar-refractivity contribution >= 4 is 12.4 Å². The van der Waals surface area contributed by atoms with E-state index in [2.05, 4.69) is 15.5 Å². The molecular weight excluding hydrogens is 250 g/mol. The van der Waals surface area contributed by atoms with Gasteiger partial charge in [-0.1, -0.05) is 18.0 Å². The highest BCUT2D eigenvalue weighted by Crippen LogP contribution is 2.32. The smallest absolute Gasteiger partial charge is 0.226 e. The van der Waals surface area contributed by atoms with Gasteiger partial charge in [-0.2, -0.15) is 4.98 Å². The topological polar surface area (TPSA) is 51.0 Å². The summed E-state index contributed by atoms with van der Waals surface area (Å²) in [5, 5.41) is 7.64. The highest BCUT2D eigenvalue weighted by molar-refractivity contribution is 5.85. The van der Waals surface area contributed by atoms with Gasteiger partial charge in [-0.15, -0.1) is 12.4 Å². The molecule has 1 saturated carbocycles. The van der Waals surface area contributed by atoms with Crippen molar-refractivity contribution in [3.05, 3.63) is 11.7 Å². The molecule has 3 rings (SSSR count). The van der Waals surface area contributed by atoms with E-state index in [0.717, 1.165) is 24.6 Å². The molecule has 1 aromatic heterocycles. The van der Waals surface area contributed by atoms with E-state index in [4.69, 9.17) is 4.52 Å². The third kappa shape index (κ3) is 3.23. The fourth-order valence-electron chi connectivity index (χ4n) is 3.02. The third-order valence-electron chi connectivity index (χ3n) is 4.07. The van der Waals surface area contributed by atoms with Crippen LogP contribution in [0.15, 0.2) is 4.52 Å². The van der Waals surface area contributed by atoms with Crippen molar-refractivity contribution in [2.45, 2.75) is 63.3 Å². The van der Waals surface area contributed by atoms with E-state index in [1.165, 1.54) is 45.1 Å². The molecule has 0 aromatic carbocycles. The second-order valence-corrected chi connectivity index (χ2v) is 5.36. The summed E-state index contributed by atoms with van der Waals surface area (Å²) >= 11 is 0. The van der Waals surface area contributed by atoms with Crippen molar-refractivity contribution in [1.29, 1.82) is 0 Å². The zero-order valence-corrected chi connectivity index (χ0v) is 11.5. The Morgan fingerprint density at radius 2 is 2.00 bits per heavy atom. The summed E-state index contributed by atoms with van der Waals surface area (Å²) in [6.45, 7) is 1.17. The van der Waals surface area contributed by atoms with E-state index in [-0.39, 0.29) is 12.4 Å². The Bertz CT molecular complexity index is 357. The Hall–Kier alpha value is -0.610. The summed E-state index contributed by atoms with van der Waals surface area (Å²) in [7, 11) is 0. The Balaban J connectivity index is 0.00000120. The third-order valence-corrected chi connectivity index (χ3v) is 4.07. The van der Waals surface area contributed by atoms with Gasteiger partial charge >= 0.3 is 0 Å². The molecule has 2 fully saturated rings. The second-order valence-electron chi connectivity index (χ2n) is 5.36. The number of halogens is 1. The van der Waals surface area contributed by atoms with Crippen molar-refractivity contribution in [2.24, 2.45) is 0 Å². The largest absolute Gasteiger partial charge is 0.339 e. The minimum absolute atomic E-state index is 0. The highest BCUT2D eigenvalue weighted by atomic mass is 35.5. The molecule has 1 unspecified atom stereocenters. The molecule has 0 bridgehead atoms. The monoisotopic (exact) mass is 271 g/mol. The van der Waals surface area contributed by atoms with Crippen LogP contribution >= 0.6 is 12.4 Å². The summed E-state index contributed by atoms with van der Waals surface area (Å²) in [6.07, 6.45) is 9.78. The number of nitrogens with zero attached hydrogens (tertiary/aromatic N) is 2. The van der Waals surface area contributed by atoms with Gasteiger partial charge < -0.3 is 9.84 Å². The molecule has 0 radical (unpaired) electrons. The van der Waals surface area contributed by atoms with Crippen LogP contribution in [-0.4, -0.2) is 22.7 Å². The quantitative estimate of drug-likeness (QED) is 0.915. The van der Waals surface area contributed by atoms with Gasteiger partial charge in [0.15, 0.2) is 5.82 Å². The zero-order chi connectivity index (χ0) is 11.5. The van der Waals surface area contributed by atoms with Crippen molar-refractivity contribution in [2.75, 3.05) is 6.54 Å². The number of hydrogen-bond acceptors (Lipinski definition) is 4. The Labute approximate surface area is 114 Å². The van der Waals surface area contributed by atoms with Crippen LogP contribution in [0.3, 0.4) is 0 Å². The molecule has 18 heavy (non-hydrogen) atoms. The predicted molar refractivity (Wildman–Crippen MR) is 72.1 cm³/mol. The van der Waals surface area contributed by atoms with Gasteiger partial charge in [0.25, 0.3) is 0 Å². The van der Waals surface area contributed by atoms with Crippen LogP contribution in [0.4, 0.5) is 0 Å². The van der Waals surface area contributed by atoms with Crippen LogP contribution in [0, 0.1) is 0 Å². The van der Waals surface area contributed by atoms with Gasteiger partial charge in [-0.3, -0.25) is 0 Å². The van der Waals surface area contributed by atoms with Crippen LogP contribution < -0.4 is 5.32 Å². The molecule has 0 spiro atoms. The second kappa shape index (κ2) is 6.53. The molecule has 2 heterocycles. The first-order valence-corrected chi connectivity index (χ1v) is 6.97. The lowest BCUT2D eigenvalue weighted by Gasteiger charge is -2.06. The lowest BCUT2D eigenvalue weighted by atomic mass is 10.1. The Morgan fingerprint density at radius 1 is 1.17 bits per heavy atom. The summed E-state index contributed by atoms with van der Waals surface area (Å²) in [4.78, 5) is 4.55. The first-order valence-electron chi connectivity index (χ1n) is 6.97. The fourth-order valence-corrected chi connectivity index (χ4v) is 3.02. The van der Waals surface area contributed by atoms with Crippen molar-refractivity contribution in [1.82, 2.24) is 15.5 Å². The molecule has 102 valence electrons. The normalized spacial score (nSPS) is 24.3. The van der Waals surface area contributed by atoms with E-state index < -0.39 is 0 Å². The Morgan fingerprint density at radius 3 is 2.72 bits per heavy atom. The SMILES string of the molecule is C1CNC(CCc2nc(C3CCCC3)no2)C1.Cl. The average molecular weight is 272 g/mol. The fraction of sp³-hybridized carbons (Fsp3) is 0.846. The maximum atomic E-state index is 5.35. The van der Waals surface area contributed by atoms with Crippen LogP contribution in [-0.2, 0) is 6.42 Å². The van der Waals surface area contributed by atoms with Crippen molar-refractivity contribution < 1.29 is 4.52 Å². The van der Waals surface area contributed by atoms with E-state index >= 15 is 0 Å². The molecule has 0 amide bonds. The van der Waals surface area contributed by atoms with E-state index in [1.54, 1.807) is 0 Å². The van der Waals surface area contributed by atoms with Gasteiger partial charge in [-0.25, -0.2) is 0 Å². The summed E-state index contributed by atoms with van der Waals surface area (Å²) in [6, 6.07) is 0.664. The molecule has 1 aliphatic heterocycles. The summed E-state index contributed by atoms with van der Waals surface area (Å²) in [5.41, 5.74) is 0. The molecular formula is C13H22ClN3O. The van der Waals surface area contributed by atoms with Crippen LogP contribution in [0.25, 0.3) is 0 Å². The van der Waals surface area contributed by atoms with Gasteiger partial charge in [0.05, 0.1) is 0 Å². The highest BCUT2D eigenvalue weighted by Gasteiger charge is 2.22. The van der Waals surface area contributed by atoms with Gasteiger partial charge in [0, 0.05) is 18.4 Å². The lowest BCUT2D eigenvalue weighted by Crippen LogP contribution is -2.21. The number of nitrogens with one attached hydrogen (secondary N) is 1. The molecule has 1 aliphatic carbocycles. The summed E-state index contributed by atoms with van der Waals surface area (Å²) in [5.74, 6) is 2.36. The van der Waals surface area contributed by atoms with Gasteiger partial charge in [-0.05, 0) is 38.6 Å². The first kappa shape index (κ1) is 13.8. The van der Waals surface area contributed by atoms with E-state index in [0.29, 0.717) is 12.0 Å². The van der Waals surface area contributed by atoms with Gasteiger partial charge in [0.2, 0.25) is 5.89 Å². The molecule has 1 saturated heterocycles. The molecule has 1 aromatic rings. The molecule has 1 atom stereocenters. The standard InChI is InChI=1S/C13H21N3O.ClH/c1-2-5-10(4-1)13-15-12(17-16-13)8-7-11-6-3-9-14-11;/h10-11,14H,1-9H2;1H. The predicted octanol–water partition coefficient (Wildman–Crippen LogP) is 2.83. The molecule has 2 aliphatic rings. The number of rotatable bonds is 4. The maximum absolute atomic E-state index is 5.35. The molecule has 1 N–H and O–H groups in total.